The highest BCUT2D eigenvalue weighted by Gasteiger charge is 2.44. The number of hydrogen-bond donors (Lipinski definition) is 0. The molecule has 0 atom stereocenters. The summed E-state index contributed by atoms with van der Waals surface area (Å²) in [5.41, 5.74) is -0.454. The molecule has 0 spiro atoms. The van der Waals surface area contributed by atoms with E-state index in [2.05, 4.69) is 15.5 Å². The molecule has 1 radical (unpaired) electrons. The number of nitro groups is 1. The Bertz CT molecular complexity index is 407. The molecule has 1 aromatic rings. The lowest BCUT2D eigenvalue weighted by Gasteiger charge is -2.04. The van der Waals surface area contributed by atoms with Crippen LogP contribution in [0.4, 0.5) is 14.5 Å². The van der Waals surface area contributed by atoms with E-state index in [0.717, 1.165) is 12.1 Å². The van der Waals surface area contributed by atoms with Crippen LogP contribution in [0.2, 0.25) is 0 Å². The second-order valence-corrected chi connectivity index (χ2v) is 2.47. The van der Waals surface area contributed by atoms with Crippen molar-refractivity contribution in [2.24, 2.45) is 0 Å². The second kappa shape index (κ2) is 2.53. The minimum Gasteiger partial charge on any atom is -0.395 e. The maximum atomic E-state index is 12.4. The summed E-state index contributed by atoms with van der Waals surface area (Å²) in [6.07, 6.45) is -3.76. The number of ether oxygens (including phenoxy) is 2. The second-order valence-electron chi connectivity index (χ2n) is 2.47. The number of hydrogen-bond acceptors (Lipinski definition) is 4. The van der Waals surface area contributed by atoms with Crippen LogP contribution < -0.4 is 9.47 Å². The van der Waals surface area contributed by atoms with Crippen LogP contribution >= 0.6 is 0 Å². The molecule has 0 aliphatic carbocycles. The molecule has 0 unspecified atom stereocenters. The van der Waals surface area contributed by atoms with Crippen molar-refractivity contribution in [2.45, 2.75) is 6.29 Å². The maximum absolute atomic E-state index is 12.4. The van der Waals surface area contributed by atoms with Gasteiger partial charge in [-0.1, -0.05) is 0 Å². The van der Waals surface area contributed by atoms with E-state index in [-0.39, 0.29) is 11.5 Å². The number of fused-ring (bicyclic) bond motifs is 1. The van der Waals surface area contributed by atoms with Crippen molar-refractivity contribution in [1.29, 1.82) is 0 Å². The van der Waals surface area contributed by atoms with Gasteiger partial charge in [-0.3, -0.25) is 10.1 Å². The fourth-order valence-electron chi connectivity index (χ4n) is 0.989. The van der Waals surface area contributed by atoms with Gasteiger partial charge in [-0.05, 0) is 6.07 Å². The Morgan fingerprint density at radius 2 is 2.07 bits per heavy atom. The summed E-state index contributed by atoms with van der Waals surface area (Å²) >= 11 is 0. The number of nitrogens with zero attached hydrogens (tertiary/aromatic N) is 1. The van der Waals surface area contributed by atoms with E-state index < -0.39 is 16.9 Å². The summed E-state index contributed by atoms with van der Waals surface area (Å²) in [6, 6.07) is 3.94. The number of alkyl halides is 2. The first kappa shape index (κ1) is 8.67. The first-order chi connectivity index (χ1) is 6.48. The quantitative estimate of drug-likeness (QED) is 0.513. The van der Waals surface area contributed by atoms with Crippen LogP contribution in [0.1, 0.15) is 0 Å². The van der Waals surface area contributed by atoms with Crippen molar-refractivity contribution in [2.75, 3.05) is 0 Å². The predicted octanol–water partition coefficient (Wildman–Crippen LogP) is 1.72. The highest BCUT2D eigenvalue weighted by atomic mass is 19.3. The van der Waals surface area contributed by atoms with Crippen molar-refractivity contribution in [3.63, 3.8) is 0 Å². The minimum atomic E-state index is -3.76. The predicted molar refractivity (Wildman–Crippen MR) is 38.1 cm³/mol. The van der Waals surface area contributed by atoms with Crippen LogP contribution in [-0.4, -0.2) is 11.2 Å². The van der Waals surface area contributed by atoms with Gasteiger partial charge >= 0.3 is 6.29 Å². The fourth-order valence-corrected chi connectivity index (χ4v) is 0.989. The van der Waals surface area contributed by atoms with Gasteiger partial charge in [0, 0.05) is 0 Å². The van der Waals surface area contributed by atoms with Gasteiger partial charge in [-0.15, -0.1) is 8.78 Å². The Labute approximate surface area is 76.0 Å². The molecular formula is C7H2F2NO4. The van der Waals surface area contributed by atoms with Crippen LogP contribution in [0, 0.1) is 16.2 Å². The standard InChI is InChI=1S/C7H2F2NO4/c8-7(9)13-5-2-1-4(10(11)12)3-6(5)14-7/h2-3H. The van der Waals surface area contributed by atoms with Crippen molar-refractivity contribution >= 4 is 5.69 Å². The lowest BCUT2D eigenvalue weighted by molar-refractivity contribution is -0.385. The summed E-state index contributed by atoms with van der Waals surface area (Å²) in [6.45, 7) is 0. The average molecular weight is 202 g/mol. The van der Waals surface area contributed by atoms with Gasteiger partial charge in [0.1, 0.15) is 0 Å². The third-order valence-corrected chi connectivity index (χ3v) is 1.52. The normalized spacial score (nSPS) is 16.7. The lowest BCUT2D eigenvalue weighted by atomic mass is 10.3. The molecule has 0 bridgehead atoms. The smallest absolute Gasteiger partial charge is 0.395 e. The molecule has 0 fully saturated rings. The van der Waals surface area contributed by atoms with Gasteiger partial charge in [0.05, 0.1) is 17.1 Å². The fraction of sp³-hybridized carbons (Fsp3) is 0.143. The third-order valence-electron chi connectivity index (χ3n) is 1.52. The van der Waals surface area contributed by atoms with Gasteiger partial charge in [0.25, 0.3) is 5.69 Å². The lowest BCUT2D eigenvalue weighted by Crippen LogP contribution is -2.25. The van der Waals surface area contributed by atoms with E-state index in [1.807, 2.05) is 0 Å². The monoisotopic (exact) mass is 202 g/mol. The summed E-state index contributed by atoms with van der Waals surface area (Å²) in [7, 11) is 0. The number of nitro benzene ring substituents is 1. The van der Waals surface area contributed by atoms with Crippen molar-refractivity contribution in [3.8, 4) is 11.5 Å². The summed E-state index contributed by atoms with van der Waals surface area (Å²) in [5, 5.41) is 10.3. The number of halogens is 2. The zero-order valence-corrected chi connectivity index (χ0v) is 6.49. The van der Waals surface area contributed by atoms with Crippen LogP contribution in [0.5, 0.6) is 11.5 Å². The van der Waals surface area contributed by atoms with Crippen molar-refractivity contribution in [1.82, 2.24) is 0 Å². The van der Waals surface area contributed by atoms with Crippen LogP contribution in [0.3, 0.4) is 0 Å². The largest absolute Gasteiger partial charge is 0.586 e. The molecule has 0 amide bonds. The Morgan fingerprint density at radius 1 is 1.43 bits per heavy atom. The summed E-state index contributed by atoms with van der Waals surface area (Å²) in [4.78, 5) is 9.49. The van der Waals surface area contributed by atoms with Crippen LogP contribution in [-0.2, 0) is 0 Å². The Kier molecular flexibility index (Phi) is 1.57. The van der Waals surface area contributed by atoms with Gasteiger partial charge in [-0.2, -0.15) is 0 Å². The molecule has 1 aliphatic rings. The van der Waals surface area contributed by atoms with Gasteiger partial charge in [0.15, 0.2) is 11.5 Å². The Balaban J connectivity index is 2.40. The minimum absolute atomic E-state index is 0.263. The van der Waals surface area contributed by atoms with Crippen LogP contribution in [0.25, 0.3) is 0 Å². The molecule has 1 heterocycles. The van der Waals surface area contributed by atoms with E-state index in [4.69, 9.17) is 0 Å². The number of rotatable bonds is 1. The van der Waals surface area contributed by atoms with Crippen molar-refractivity contribution < 1.29 is 23.2 Å². The van der Waals surface area contributed by atoms with Crippen molar-refractivity contribution in [3.05, 3.63) is 28.3 Å². The molecule has 0 aromatic heterocycles. The zero-order valence-electron chi connectivity index (χ0n) is 6.49. The highest BCUT2D eigenvalue weighted by molar-refractivity contribution is 5.49. The first-order valence-electron chi connectivity index (χ1n) is 3.44. The molecule has 1 aromatic carbocycles. The van der Waals surface area contributed by atoms with E-state index in [1.165, 1.54) is 0 Å². The summed E-state index contributed by atoms with van der Waals surface area (Å²) < 4.78 is 32.9. The first-order valence-corrected chi connectivity index (χ1v) is 3.44. The van der Waals surface area contributed by atoms with E-state index in [9.17, 15) is 18.9 Å². The number of benzene rings is 1. The van der Waals surface area contributed by atoms with Gasteiger partial charge < -0.3 is 9.47 Å². The molecule has 0 saturated heterocycles. The molecule has 2 rings (SSSR count). The third kappa shape index (κ3) is 1.32. The summed E-state index contributed by atoms with van der Waals surface area (Å²) in [5.74, 6) is -0.624. The average Bonchev–Trinajstić information content (AvgIpc) is 2.36. The highest BCUT2D eigenvalue weighted by Crippen LogP contribution is 2.42. The van der Waals surface area contributed by atoms with Gasteiger partial charge in [-0.25, -0.2) is 0 Å². The molecular weight excluding hydrogens is 200 g/mol. The molecule has 14 heavy (non-hydrogen) atoms. The van der Waals surface area contributed by atoms with Gasteiger partial charge in [0.2, 0.25) is 0 Å². The molecule has 5 nitrogen and oxygen atoms in total. The topological polar surface area (TPSA) is 61.6 Å². The molecule has 0 N–H and O–H groups in total. The molecule has 0 saturated carbocycles. The van der Waals surface area contributed by atoms with Crippen LogP contribution in [0.15, 0.2) is 12.1 Å². The zero-order chi connectivity index (χ0) is 10.3. The SMILES string of the molecule is O=[N+]([O-])c1[c]cc2c(c1)OC(F)(F)O2. The Morgan fingerprint density at radius 3 is 2.71 bits per heavy atom. The molecule has 1 aliphatic heterocycles. The molecule has 7 heteroatoms. The number of non-ortho nitro benzene ring substituents is 1. The van der Waals surface area contributed by atoms with E-state index in [0.29, 0.717) is 0 Å². The maximum Gasteiger partial charge on any atom is 0.586 e. The molecule has 73 valence electrons. The van der Waals surface area contributed by atoms with E-state index in [1.54, 1.807) is 0 Å². The van der Waals surface area contributed by atoms with E-state index >= 15 is 0 Å². The Hall–Kier alpha value is -1.92.